The number of carbonyl (C=O) groups is 6. The summed E-state index contributed by atoms with van der Waals surface area (Å²) in [7, 11) is 0. The largest absolute Gasteiger partial charge is 0.480 e. The fourth-order valence-corrected chi connectivity index (χ4v) is 8.20. The number of anilines is 1. The second kappa shape index (κ2) is 41.4. The third-order valence-electron chi connectivity index (χ3n) is 12.3. The SMILES string of the molecule is O=C(O)CN1CCN(CC(=O)O)CCN(CC(=O)NCCOCCOCCOCCOCCOCCOCCOCCOCCNC(=O)CCCCC(=O)N2Cc3ccccc3C#Cc3ccccc32)CCN(CC(=O)O)CC1. The smallest absolute Gasteiger partial charge is 0.317 e. The van der Waals surface area contributed by atoms with Gasteiger partial charge in [0.1, 0.15) is 0 Å². The van der Waals surface area contributed by atoms with Crippen molar-refractivity contribution in [3.05, 3.63) is 65.2 Å². The molecule has 5 N–H and O–H groups in total. The molecule has 24 heteroatoms. The van der Waals surface area contributed by atoms with Gasteiger partial charge in [-0.1, -0.05) is 42.2 Å². The highest BCUT2D eigenvalue weighted by molar-refractivity contribution is 5.95. The number of benzene rings is 2. The molecule has 2 aliphatic rings. The topological polar surface area (TPSA) is 277 Å². The molecule has 0 saturated carbocycles. The highest BCUT2D eigenvalue weighted by atomic mass is 16.6. The lowest BCUT2D eigenvalue weighted by atomic mass is 10.0. The number of rotatable bonds is 40. The molecular formula is C55H83N7O17. The van der Waals surface area contributed by atoms with Gasteiger partial charge in [-0.25, -0.2) is 0 Å². The third kappa shape index (κ3) is 31.1. The van der Waals surface area contributed by atoms with Crippen molar-refractivity contribution in [2.24, 2.45) is 0 Å². The average molecular weight is 1110 g/mol. The minimum atomic E-state index is -1.03. The van der Waals surface area contributed by atoms with Crippen molar-refractivity contribution >= 4 is 41.3 Å². The Kier molecular flexibility index (Phi) is 34.5. The number of nitrogens with zero attached hydrogens (tertiary/aromatic N) is 5. The summed E-state index contributed by atoms with van der Waals surface area (Å²) in [6, 6.07) is 15.6. The van der Waals surface area contributed by atoms with Crippen LogP contribution in [0.4, 0.5) is 5.69 Å². The predicted molar refractivity (Wildman–Crippen MR) is 290 cm³/mol. The monoisotopic (exact) mass is 1110 g/mol. The summed E-state index contributed by atoms with van der Waals surface area (Å²) in [4.78, 5) is 81.7. The summed E-state index contributed by atoms with van der Waals surface area (Å²) in [5.74, 6) is 3.08. The first-order valence-corrected chi connectivity index (χ1v) is 27.2. The Balaban J connectivity index is 0.865. The van der Waals surface area contributed by atoms with Gasteiger partial charge in [0.15, 0.2) is 0 Å². The lowest BCUT2D eigenvalue weighted by Crippen LogP contribution is -2.50. The van der Waals surface area contributed by atoms with E-state index in [0.29, 0.717) is 190 Å². The number of nitrogens with one attached hydrogen (secondary N) is 2. The third-order valence-corrected chi connectivity index (χ3v) is 12.3. The molecule has 0 aliphatic carbocycles. The zero-order chi connectivity index (χ0) is 56.6. The number of carboxylic acid groups (broad SMARTS) is 3. The minimum Gasteiger partial charge on any atom is -0.480 e. The molecule has 2 heterocycles. The Labute approximate surface area is 463 Å². The van der Waals surface area contributed by atoms with Crippen LogP contribution in [0, 0.1) is 11.8 Å². The van der Waals surface area contributed by atoms with E-state index in [1.165, 1.54) is 0 Å². The van der Waals surface area contributed by atoms with E-state index in [2.05, 4.69) is 22.5 Å². The van der Waals surface area contributed by atoms with Gasteiger partial charge in [0.25, 0.3) is 0 Å². The summed E-state index contributed by atoms with van der Waals surface area (Å²) >= 11 is 0. The van der Waals surface area contributed by atoms with Gasteiger partial charge in [-0.2, -0.15) is 0 Å². The van der Waals surface area contributed by atoms with Gasteiger partial charge in [0.2, 0.25) is 17.7 Å². The quantitative estimate of drug-likeness (QED) is 0.0444. The number of para-hydroxylation sites is 1. The summed E-state index contributed by atoms with van der Waals surface area (Å²) < 4.78 is 44.3. The van der Waals surface area contributed by atoms with Crippen molar-refractivity contribution in [3.8, 4) is 11.8 Å². The molecule has 2 aliphatic heterocycles. The Bertz CT molecular complexity index is 2130. The van der Waals surface area contributed by atoms with E-state index in [1.54, 1.807) is 19.6 Å². The van der Waals surface area contributed by atoms with E-state index in [9.17, 15) is 44.1 Å². The van der Waals surface area contributed by atoms with Gasteiger partial charge >= 0.3 is 17.9 Å². The maximum atomic E-state index is 13.4. The Hall–Kier alpha value is -5.66. The van der Waals surface area contributed by atoms with Gasteiger partial charge in [-0.3, -0.25) is 48.4 Å². The standard InChI is InChI=1S/C55H83N7O17/c63-50(11-5-6-12-52(65)62-41-48-9-2-1-7-46(48)13-14-47-8-3-4-10-49(47)62)56-15-25-72-27-29-74-31-33-76-35-37-78-39-40-79-38-36-77-34-32-75-30-28-73-26-16-57-51(64)42-58-17-19-59(43-53(66)67)21-23-61(45-55(70)71)24-22-60(20-18-58)44-54(68)69/h1-4,7-10H,5-6,11-12,15-45H2,(H,56,63)(H,57,64)(H,66,67)(H,68,69)(H,70,71). The lowest BCUT2D eigenvalue weighted by molar-refractivity contribution is -0.140. The van der Waals surface area contributed by atoms with Gasteiger partial charge < -0.3 is 68.7 Å². The lowest BCUT2D eigenvalue weighted by Gasteiger charge is -2.32. The average Bonchev–Trinajstić information content (AvgIpc) is 3.43. The van der Waals surface area contributed by atoms with Crippen molar-refractivity contribution < 1.29 is 82.0 Å². The molecule has 0 radical (unpaired) electrons. The van der Waals surface area contributed by atoms with Crippen molar-refractivity contribution in [1.82, 2.24) is 30.2 Å². The normalized spacial score (nSPS) is 14.8. The molecule has 79 heavy (non-hydrogen) atoms. The van der Waals surface area contributed by atoms with Crippen molar-refractivity contribution in [3.63, 3.8) is 0 Å². The van der Waals surface area contributed by atoms with Crippen LogP contribution in [0.25, 0.3) is 0 Å². The zero-order valence-electron chi connectivity index (χ0n) is 45.7. The first-order valence-electron chi connectivity index (χ1n) is 27.2. The summed E-state index contributed by atoms with van der Waals surface area (Å²) in [5, 5.41) is 33.9. The number of carboxylic acids is 3. The van der Waals surface area contributed by atoms with E-state index in [1.807, 2.05) is 53.4 Å². The summed E-state index contributed by atoms with van der Waals surface area (Å²) in [6.07, 6.45) is 1.88. The van der Waals surface area contributed by atoms with Crippen LogP contribution < -0.4 is 15.5 Å². The summed E-state index contributed by atoms with van der Waals surface area (Å²) in [5.41, 5.74) is 3.55. The molecule has 3 amide bonds. The van der Waals surface area contributed by atoms with Crippen LogP contribution in [0.2, 0.25) is 0 Å². The Morgan fingerprint density at radius 1 is 0.418 bits per heavy atom. The van der Waals surface area contributed by atoms with Crippen LogP contribution in [-0.4, -0.2) is 268 Å². The minimum absolute atomic E-state index is 0.00865. The van der Waals surface area contributed by atoms with Crippen molar-refractivity contribution in [2.75, 3.05) is 202 Å². The van der Waals surface area contributed by atoms with E-state index in [4.69, 9.17) is 37.9 Å². The second-order valence-corrected chi connectivity index (χ2v) is 18.5. The molecule has 4 rings (SSSR count). The summed E-state index contributed by atoms with van der Waals surface area (Å²) in [6.45, 7) is 9.22. The van der Waals surface area contributed by atoms with E-state index >= 15 is 0 Å². The molecule has 0 unspecified atom stereocenters. The first-order chi connectivity index (χ1) is 38.5. The molecule has 1 saturated heterocycles. The van der Waals surface area contributed by atoms with E-state index in [-0.39, 0.29) is 57.1 Å². The maximum Gasteiger partial charge on any atom is 0.317 e. The molecule has 0 spiro atoms. The molecule has 1 fully saturated rings. The van der Waals surface area contributed by atoms with Crippen molar-refractivity contribution in [2.45, 2.75) is 32.2 Å². The molecule has 440 valence electrons. The van der Waals surface area contributed by atoms with Gasteiger partial charge in [-0.15, -0.1) is 0 Å². The van der Waals surface area contributed by atoms with Crippen LogP contribution in [0.15, 0.2) is 48.5 Å². The fraction of sp³-hybridized carbons (Fsp3) is 0.636. The Morgan fingerprint density at radius 3 is 1.19 bits per heavy atom. The van der Waals surface area contributed by atoms with E-state index < -0.39 is 17.9 Å². The number of aliphatic carboxylic acids is 3. The molecule has 0 bridgehead atoms. The predicted octanol–water partition coefficient (Wildman–Crippen LogP) is 0.334. The zero-order valence-corrected chi connectivity index (χ0v) is 45.7. The molecule has 0 aromatic heterocycles. The van der Waals surface area contributed by atoms with Crippen LogP contribution in [0.5, 0.6) is 0 Å². The molecular weight excluding hydrogens is 1030 g/mol. The number of carbonyl (C=O) groups excluding carboxylic acids is 3. The number of fused-ring (bicyclic) bond motifs is 2. The highest BCUT2D eigenvalue weighted by Gasteiger charge is 2.23. The Morgan fingerprint density at radius 2 is 0.759 bits per heavy atom. The van der Waals surface area contributed by atoms with Gasteiger partial charge in [-0.05, 0) is 36.6 Å². The molecule has 2 aromatic carbocycles. The molecule has 2 aromatic rings. The van der Waals surface area contributed by atoms with Crippen molar-refractivity contribution in [1.29, 1.82) is 0 Å². The number of ether oxygens (including phenoxy) is 8. The van der Waals surface area contributed by atoms with Gasteiger partial charge in [0.05, 0.1) is 144 Å². The molecule has 0 atom stereocenters. The van der Waals surface area contributed by atoms with Crippen LogP contribution >= 0.6 is 0 Å². The van der Waals surface area contributed by atoms with Gasteiger partial charge in [0, 0.05) is 89.4 Å². The number of hydrogen-bond donors (Lipinski definition) is 5. The van der Waals surface area contributed by atoms with Crippen LogP contribution in [0.3, 0.4) is 0 Å². The van der Waals surface area contributed by atoms with Crippen LogP contribution in [-0.2, 0) is 73.2 Å². The fourth-order valence-electron chi connectivity index (χ4n) is 8.20. The van der Waals surface area contributed by atoms with Crippen LogP contribution in [0.1, 0.15) is 42.4 Å². The highest BCUT2D eigenvalue weighted by Crippen LogP contribution is 2.26. The number of unbranched alkanes of at least 4 members (excludes halogenated alkanes) is 1. The number of hydrogen-bond acceptors (Lipinski definition) is 18. The first kappa shape index (κ1) is 65.9. The molecule has 24 nitrogen and oxygen atoms in total. The number of amides is 3. The second-order valence-electron chi connectivity index (χ2n) is 18.5. The maximum absolute atomic E-state index is 13.4. The van der Waals surface area contributed by atoms with E-state index in [0.717, 1.165) is 22.4 Å².